The fourth-order valence-electron chi connectivity index (χ4n) is 4.76. The summed E-state index contributed by atoms with van der Waals surface area (Å²) >= 11 is 0. The maximum atomic E-state index is 4.72. The smallest absolute Gasteiger partial charge is 0.116 e. The summed E-state index contributed by atoms with van der Waals surface area (Å²) < 4.78 is 2.37. The summed E-state index contributed by atoms with van der Waals surface area (Å²) in [5.41, 5.74) is 7.16. The summed E-state index contributed by atoms with van der Waals surface area (Å²) in [4.78, 5) is 9.38. The van der Waals surface area contributed by atoms with Gasteiger partial charge in [-0.3, -0.25) is 0 Å². The minimum atomic E-state index is 0.707. The molecule has 136 valence electrons. The summed E-state index contributed by atoms with van der Waals surface area (Å²) in [5.74, 6) is 0.707. The van der Waals surface area contributed by atoms with Gasteiger partial charge in [0.2, 0.25) is 0 Å². The molecule has 3 heteroatoms. The Morgan fingerprint density at radius 3 is 2.56 bits per heavy atom. The topological polar surface area (TPSA) is 30.7 Å². The van der Waals surface area contributed by atoms with E-state index >= 15 is 0 Å². The largest absolute Gasteiger partial charge is 0.338 e. The van der Waals surface area contributed by atoms with Crippen molar-refractivity contribution < 1.29 is 0 Å². The van der Waals surface area contributed by atoms with E-state index in [1.165, 1.54) is 48.6 Å². The van der Waals surface area contributed by atoms with Crippen LogP contribution in [0.3, 0.4) is 0 Å². The molecule has 0 unspecified atom stereocenters. The van der Waals surface area contributed by atoms with Gasteiger partial charge in [-0.1, -0.05) is 55.7 Å². The zero-order valence-corrected chi connectivity index (χ0v) is 15.9. The van der Waals surface area contributed by atoms with E-state index < -0.39 is 0 Å². The lowest BCUT2D eigenvalue weighted by molar-refractivity contribution is 0.444. The molecular weight excluding hydrogens is 330 g/mol. The van der Waals surface area contributed by atoms with Crippen LogP contribution in [-0.2, 0) is 6.54 Å². The van der Waals surface area contributed by atoms with Gasteiger partial charge in [-0.05, 0) is 43.4 Å². The van der Waals surface area contributed by atoms with Gasteiger partial charge in [0.1, 0.15) is 11.8 Å². The molecule has 2 heterocycles. The fourth-order valence-corrected chi connectivity index (χ4v) is 4.76. The number of rotatable bonds is 3. The van der Waals surface area contributed by atoms with Gasteiger partial charge in [-0.15, -0.1) is 0 Å². The highest BCUT2D eigenvalue weighted by atomic mass is 15.0. The Morgan fingerprint density at radius 1 is 0.963 bits per heavy atom. The number of benzene rings is 2. The average molecular weight is 355 g/mol. The van der Waals surface area contributed by atoms with E-state index in [1.54, 1.807) is 6.33 Å². The van der Waals surface area contributed by atoms with E-state index in [1.807, 2.05) is 6.07 Å². The van der Waals surface area contributed by atoms with Gasteiger partial charge in [0.25, 0.3) is 0 Å². The molecule has 0 saturated heterocycles. The molecular formula is C24H25N3. The van der Waals surface area contributed by atoms with Crippen LogP contribution < -0.4 is 0 Å². The number of hydrogen-bond acceptors (Lipinski definition) is 2. The lowest BCUT2D eigenvalue weighted by Crippen LogP contribution is -2.04. The Balaban J connectivity index is 1.76. The maximum Gasteiger partial charge on any atom is 0.116 e. The van der Waals surface area contributed by atoms with Crippen LogP contribution in [0.2, 0.25) is 0 Å². The summed E-state index contributed by atoms with van der Waals surface area (Å²) in [6.07, 6.45) is 8.47. The lowest BCUT2D eigenvalue weighted by atomic mass is 9.84. The second-order valence-corrected chi connectivity index (χ2v) is 7.64. The second kappa shape index (κ2) is 6.80. The fraction of sp³-hybridized carbons (Fsp3) is 0.333. The van der Waals surface area contributed by atoms with Crippen molar-refractivity contribution in [1.29, 1.82) is 0 Å². The van der Waals surface area contributed by atoms with Gasteiger partial charge in [0.05, 0.1) is 16.7 Å². The predicted octanol–water partition coefficient (Wildman–Crippen LogP) is 6.32. The molecule has 2 aromatic heterocycles. The first kappa shape index (κ1) is 16.5. The molecule has 27 heavy (non-hydrogen) atoms. The van der Waals surface area contributed by atoms with Crippen LogP contribution in [0.25, 0.3) is 33.2 Å². The number of nitrogens with zero attached hydrogens (tertiary/aromatic N) is 3. The minimum Gasteiger partial charge on any atom is -0.338 e. The van der Waals surface area contributed by atoms with Gasteiger partial charge in [-0.2, -0.15) is 0 Å². The van der Waals surface area contributed by atoms with Crippen LogP contribution in [0, 0.1) is 0 Å². The zero-order valence-electron chi connectivity index (χ0n) is 15.9. The van der Waals surface area contributed by atoms with E-state index in [2.05, 4.69) is 58.9 Å². The maximum absolute atomic E-state index is 4.72. The summed E-state index contributed by atoms with van der Waals surface area (Å²) in [5, 5.41) is 1.27. The number of hydrogen-bond donors (Lipinski definition) is 0. The third-order valence-corrected chi connectivity index (χ3v) is 6.10. The highest BCUT2D eigenvalue weighted by Gasteiger charge is 2.20. The van der Waals surface area contributed by atoms with Crippen molar-refractivity contribution in [2.45, 2.75) is 51.5 Å². The number of fused-ring (bicyclic) bond motifs is 3. The summed E-state index contributed by atoms with van der Waals surface area (Å²) in [7, 11) is 0. The first-order valence-corrected chi connectivity index (χ1v) is 10.2. The monoisotopic (exact) mass is 355 g/mol. The normalized spacial score (nSPS) is 15.6. The van der Waals surface area contributed by atoms with E-state index in [0.29, 0.717) is 5.92 Å². The molecule has 1 aliphatic rings. The van der Waals surface area contributed by atoms with E-state index in [4.69, 9.17) is 4.98 Å². The van der Waals surface area contributed by atoms with Crippen molar-refractivity contribution in [2.24, 2.45) is 0 Å². The zero-order chi connectivity index (χ0) is 18.2. The van der Waals surface area contributed by atoms with Crippen molar-refractivity contribution in [2.75, 3.05) is 0 Å². The van der Waals surface area contributed by atoms with Gasteiger partial charge >= 0.3 is 0 Å². The van der Waals surface area contributed by atoms with Gasteiger partial charge < -0.3 is 4.57 Å². The van der Waals surface area contributed by atoms with Crippen molar-refractivity contribution in [3.8, 4) is 11.3 Å². The Bertz CT molecular complexity index is 1090. The average Bonchev–Trinajstić information content (AvgIpc) is 3.08. The van der Waals surface area contributed by atoms with Crippen molar-refractivity contribution in [3.63, 3.8) is 0 Å². The first-order chi connectivity index (χ1) is 13.4. The van der Waals surface area contributed by atoms with Crippen LogP contribution in [-0.4, -0.2) is 14.5 Å². The molecule has 0 aliphatic heterocycles. The minimum absolute atomic E-state index is 0.707. The first-order valence-electron chi connectivity index (χ1n) is 10.2. The lowest BCUT2D eigenvalue weighted by Gasteiger charge is -2.22. The predicted molar refractivity (Wildman–Crippen MR) is 112 cm³/mol. The van der Waals surface area contributed by atoms with Crippen LogP contribution in [0.4, 0.5) is 0 Å². The number of aromatic nitrogens is 3. The third kappa shape index (κ3) is 2.73. The van der Waals surface area contributed by atoms with Crippen molar-refractivity contribution in [3.05, 3.63) is 60.4 Å². The van der Waals surface area contributed by atoms with E-state index in [-0.39, 0.29) is 0 Å². The van der Waals surface area contributed by atoms with Crippen LogP contribution >= 0.6 is 0 Å². The van der Waals surface area contributed by atoms with Crippen molar-refractivity contribution in [1.82, 2.24) is 14.5 Å². The van der Waals surface area contributed by atoms with Gasteiger partial charge in [0.15, 0.2) is 0 Å². The van der Waals surface area contributed by atoms with Gasteiger partial charge in [-0.25, -0.2) is 9.97 Å². The Kier molecular flexibility index (Phi) is 4.16. The Labute approximate surface area is 160 Å². The summed E-state index contributed by atoms with van der Waals surface area (Å²) in [6.45, 7) is 3.12. The molecule has 5 rings (SSSR count). The molecule has 1 fully saturated rings. The standard InChI is InChI=1S/C24H25N3/c1-2-27-21-14-13-19(17-9-5-3-6-10-17)15-20(21)23-24(27)22(25-16-26-23)18-11-7-4-8-12-18/h4,7-8,11-17H,2-3,5-6,9-10H2,1H3. The quantitative estimate of drug-likeness (QED) is 0.430. The molecule has 4 aromatic rings. The van der Waals surface area contributed by atoms with E-state index in [0.717, 1.165) is 28.8 Å². The highest BCUT2D eigenvalue weighted by molar-refractivity contribution is 6.09. The second-order valence-electron chi connectivity index (χ2n) is 7.64. The molecule has 0 N–H and O–H groups in total. The Morgan fingerprint density at radius 2 is 1.78 bits per heavy atom. The van der Waals surface area contributed by atoms with E-state index in [9.17, 15) is 0 Å². The molecule has 1 saturated carbocycles. The third-order valence-electron chi connectivity index (χ3n) is 6.10. The molecule has 0 amide bonds. The molecule has 0 radical (unpaired) electrons. The molecule has 1 aliphatic carbocycles. The number of aryl methyl sites for hydroxylation is 1. The molecule has 0 bridgehead atoms. The molecule has 0 atom stereocenters. The highest BCUT2D eigenvalue weighted by Crippen LogP contribution is 2.38. The van der Waals surface area contributed by atoms with Gasteiger partial charge in [0, 0.05) is 17.5 Å². The van der Waals surface area contributed by atoms with Crippen molar-refractivity contribution >= 4 is 21.9 Å². The van der Waals surface area contributed by atoms with Crippen LogP contribution in [0.1, 0.15) is 50.5 Å². The molecule has 2 aromatic carbocycles. The molecule has 3 nitrogen and oxygen atoms in total. The molecule has 0 spiro atoms. The van der Waals surface area contributed by atoms with Crippen LogP contribution in [0.5, 0.6) is 0 Å². The SMILES string of the molecule is CCn1c2ccc(C3CCCCC3)cc2c2ncnc(-c3ccccc3)c21. The van der Waals surface area contributed by atoms with Crippen LogP contribution in [0.15, 0.2) is 54.9 Å². The Hall–Kier alpha value is -2.68. The summed E-state index contributed by atoms with van der Waals surface area (Å²) in [6, 6.07) is 17.5.